The Morgan fingerprint density at radius 3 is 2.36 bits per heavy atom. The van der Waals surface area contributed by atoms with Crippen molar-refractivity contribution < 1.29 is 19.2 Å². The summed E-state index contributed by atoms with van der Waals surface area (Å²) in [7, 11) is 0. The summed E-state index contributed by atoms with van der Waals surface area (Å²) < 4.78 is 1.46. The Balaban J connectivity index is 1.59. The zero-order chi connectivity index (χ0) is 15.3. The molecule has 1 saturated carbocycles. The van der Waals surface area contributed by atoms with Crippen LogP contribution in [-0.4, -0.2) is 37.8 Å². The molecule has 1 aliphatic heterocycles. The number of hydroxylamine groups is 2. The fraction of sp³-hybridized carbons (Fsp3) is 0.214. The van der Waals surface area contributed by atoms with E-state index >= 15 is 0 Å². The van der Waals surface area contributed by atoms with Crippen LogP contribution in [-0.2, 0) is 4.84 Å². The SMILES string of the molecule is O=C(ON1C(=O)c2ccccc2C1=O)c1cnnn1C1CC1. The Bertz CT molecular complexity index is 774. The van der Waals surface area contributed by atoms with E-state index in [1.165, 1.54) is 23.0 Å². The van der Waals surface area contributed by atoms with Crippen LogP contribution >= 0.6 is 0 Å². The summed E-state index contributed by atoms with van der Waals surface area (Å²) in [5.74, 6) is -2.13. The van der Waals surface area contributed by atoms with E-state index in [-0.39, 0.29) is 22.9 Å². The predicted molar refractivity (Wildman–Crippen MR) is 70.7 cm³/mol. The lowest BCUT2D eigenvalue weighted by Crippen LogP contribution is -2.33. The second-order valence-electron chi connectivity index (χ2n) is 5.12. The summed E-state index contributed by atoms with van der Waals surface area (Å²) in [6.45, 7) is 0. The molecule has 1 fully saturated rings. The monoisotopic (exact) mass is 298 g/mol. The highest BCUT2D eigenvalue weighted by atomic mass is 16.7. The summed E-state index contributed by atoms with van der Waals surface area (Å²) in [6.07, 6.45) is 3.09. The van der Waals surface area contributed by atoms with Crippen molar-refractivity contribution in [2.24, 2.45) is 0 Å². The van der Waals surface area contributed by atoms with Gasteiger partial charge in [-0.25, -0.2) is 9.48 Å². The van der Waals surface area contributed by atoms with Crippen molar-refractivity contribution in [1.29, 1.82) is 0 Å². The maximum Gasteiger partial charge on any atom is 0.383 e. The van der Waals surface area contributed by atoms with E-state index in [2.05, 4.69) is 10.3 Å². The zero-order valence-electron chi connectivity index (χ0n) is 11.3. The van der Waals surface area contributed by atoms with Crippen molar-refractivity contribution in [3.63, 3.8) is 0 Å². The summed E-state index contributed by atoms with van der Waals surface area (Å²) in [4.78, 5) is 41.4. The second kappa shape index (κ2) is 4.48. The van der Waals surface area contributed by atoms with E-state index in [1.54, 1.807) is 12.1 Å². The summed E-state index contributed by atoms with van der Waals surface area (Å²) in [5, 5.41) is 7.99. The van der Waals surface area contributed by atoms with Crippen LogP contribution in [0.3, 0.4) is 0 Å². The van der Waals surface area contributed by atoms with Gasteiger partial charge in [0.05, 0.1) is 23.4 Å². The summed E-state index contributed by atoms with van der Waals surface area (Å²) >= 11 is 0. The zero-order valence-corrected chi connectivity index (χ0v) is 11.3. The number of imide groups is 1. The van der Waals surface area contributed by atoms with Crippen molar-refractivity contribution in [2.45, 2.75) is 18.9 Å². The van der Waals surface area contributed by atoms with E-state index in [9.17, 15) is 14.4 Å². The lowest BCUT2D eigenvalue weighted by Gasteiger charge is -2.12. The normalized spacial score (nSPS) is 16.8. The number of amides is 2. The number of hydrogen-bond donors (Lipinski definition) is 0. The van der Waals surface area contributed by atoms with Gasteiger partial charge in [-0.1, -0.05) is 22.4 Å². The quantitative estimate of drug-likeness (QED) is 0.784. The third kappa shape index (κ3) is 1.80. The van der Waals surface area contributed by atoms with Crippen molar-refractivity contribution >= 4 is 17.8 Å². The molecule has 1 aliphatic carbocycles. The molecule has 1 aromatic carbocycles. The van der Waals surface area contributed by atoms with Gasteiger partial charge in [-0.05, 0) is 25.0 Å². The number of nitrogens with zero attached hydrogens (tertiary/aromatic N) is 4. The van der Waals surface area contributed by atoms with Crippen LogP contribution in [0.15, 0.2) is 30.5 Å². The topological polar surface area (TPSA) is 94.4 Å². The standard InChI is InChI=1S/C14H10N4O4/c19-12-9-3-1-2-4-10(9)13(20)18(12)22-14(21)11-7-15-16-17(11)8-5-6-8/h1-4,7-8H,5-6H2. The molecule has 2 aliphatic rings. The highest BCUT2D eigenvalue weighted by Crippen LogP contribution is 2.35. The third-order valence-corrected chi connectivity index (χ3v) is 3.61. The fourth-order valence-corrected chi connectivity index (χ4v) is 2.36. The van der Waals surface area contributed by atoms with E-state index in [0.29, 0.717) is 5.06 Å². The van der Waals surface area contributed by atoms with Crippen LogP contribution in [0.5, 0.6) is 0 Å². The number of rotatable bonds is 3. The molecule has 0 bridgehead atoms. The van der Waals surface area contributed by atoms with Crippen LogP contribution in [0, 0.1) is 0 Å². The summed E-state index contributed by atoms with van der Waals surface area (Å²) in [5.41, 5.74) is 0.558. The van der Waals surface area contributed by atoms with E-state index < -0.39 is 17.8 Å². The van der Waals surface area contributed by atoms with Crippen molar-refractivity contribution in [1.82, 2.24) is 20.1 Å². The minimum Gasteiger partial charge on any atom is -0.322 e. The van der Waals surface area contributed by atoms with Crippen molar-refractivity contribution in [3.8, 4) is 0 Å². The number of carbonyl (C=O) groups is 3. The lowest BCUT2D eigenvalue weighted by molar-refractivity contribution is -0.0592. The Labute approximate surface area is 124 Å². The van der Waals surface area contributed by atoms with E-state index in [1.807, 2.05) is 0 Å². The minimum absolute atomic E-state index is 0.124. The Morgan fingerprint density at radius 2 is 1.77 bits per heavy atom. The van der Waals surface area contributed by atoms with Gasteiger partial charge in [0.15, 0.2) is 5.69 Å². The molecule has 8 heteroatoms. The number of fused-ring (bicyclic) bond motifs is 1. The molecule has 2 heterocycles. The predicted octanol–water partition coefficient (Wildman–Crippen LogP) is 0.981. The molecule has 0 saturated heterocycles. The van der Waals surface area contributed by atoms with Gasteiger partial charge in [-0.2, -0.15) is 0 Å². The Morgan fingerprint density at radius 1 is 1.14 bits per heavy atom. The van der Waals surface area contributed by atoms with Gasteiger partial charge >= 0.3 is 5.97 Å². The molecule has 22 heavy (non-hydrogen) atoms. The van der Waals surface area contributed by atoms with E-state index in [4.69, 9.17) is 4.84 Å². The first-order valence-corrected chi connectivity index (χ1v) is 6.77. The number of benzene rings is 1. The molecule has 110 valence electrons. The van der Waals surface area contributed by atoms with Gasteiger partial charge in [0.1, 0.15) is 0 Å². The first kappa shape index (κ1) is 12.7. The molecule has 0 unspecified atom stereocenters. The summed E-state index contributed by atoms with van der Waals surface area (Å²) in [6, 6.07) is 6.44. The van der Waals surface area contributed by atoms with Gasteiger partial charge in [0, 0.05) is 0 Å². The number of aromatic nitrogens is 3. The molecule has 0 spiro atoms. The first-order valence-electron chi connectivity index (χ1n) is 6.77. The average Bonchev–Trinajstić information content (AvgIpc) is 3.22. The fourth-order valence-electron chi connectivity index (χ4n) is 2.36. The largest absolute Gasteiger partial charge is 0.383 e. The molecule has 0 atom stereocenters. The van der Waals surface area contributed by atoms with Gasteiger partial charge in [0.25, 0.3) is 11.8 Å². The maximum atomic E-state index is 12.2. The molecule has 2 aromatic rings. The highest BCUT2D eigenvalue weighted by molar-refractivity contribution is 6.21. The molecular formula is C14H10N4O4. The van der Waals surface area contributed by atoms with E-state index in [0.717, 1.165) is 12.8 Å². The average molecular weight is 298 g/mol. The van der Waals surface area contributed by atoms with Crippen LogP contribution in [0.4, 0.5) is 0 Å². The molecule has 0 N–H and O–H groups in total. The highest BCUT2D eigenvalue weighted by Gasteiger charge is 2.40. The van der Waals surface area contributed by atoms with Crippen molar-refractivity contribution in [3.05, 3.63) is 47.3 Å². The van der Waals surface area contributed by atoms with Crippen LogP contribution in [0.2, 0.25) is 0 Å². The second-order valence-corrected chi connectivity index (χ2v) is 5.12. The molecule has 8 nitrogen and oxygen atoms in total. The van der Waals surface area contributed by atoms with Crippen LogP contribution in [0.1, 0.15) is 50.1 Å². The van der Waals surface area contributed by atoms with Crippen LogP contribution < -0.4 is 0 Å². The molecule has 4 rings (SSSR count). The van der Waals surface area contributed by atoms with Gasteiger partial charge in [-0.3, -0.25) is 9.59 Å². The maximum absolute atomic E-state index is 12.2. The van der Waals surface area contributed by atoms with Gasteiger partial charge in [0.2, 0.25) is 0 Å². The Hall–Kier alpha value is -3.03. The third-order valence-electron chi connectivity index (χ3n) is 3.61. The number of carbonyl (C=O) groups excluding carboxylic acids is 3. The van der Waals surface area contributed by atoms with Crippen LogP contribution in [0.25, 0.3) is 0 Å². The molecular weight excluding hydrogens is 288 g/mol. The molecule has 1 aromatic heterocycles. The molecule has 2 amide bonds. The number of hydrogen-bond acceptors (Lipinski definition) is 6. The molecule has 0 radical (unpaired) electrons. The van der Waals surface area contributed by atoms with Crippen molar-refractivity contribution in [2.75, 3.05) is 0 Å². The Kier molecular flexibility index (Phi) is 2.59. The minimum atomic E-state index is -0.827. The van der Waals surface area contributed by atoms with Gasteiger partial charge < -0.3 is 4.84 Å². The lowest BCUT2D eigenvalue weighted by atomic mass is 10.1. The first-order chi connectivity index (χ1) is 10.7. The smallest absolute Gasteiger partial charge is 0.322 e. The van der Waals surface area contributed by atoms with Gasteiger partial charge in [-0.15, -0.1) is 5.10 Å².